The molecule has 0 aliphatic rings. The van der Waals surface area contributed by atoms with Crippen molar-refractivity contribution in [1.82, 2.24) is 28.7 Å². The van der Waals surface area contributed by atoms with Gasteiger partial charge in [0.05, 0.1) is 27.6 Å². The molecule has 0 bridgehead atoms. The highest BCUT2D eigenvalue weighted by molar-refractivity contribution is 6.27. The molecule has 13 aromatic rings. The van der Waals surface area contributed by atoms with Gasteiger partial charge in [-0.25, -0.2) is 15.0 Å². The van der Waals surface area contributed by atoms with Crippen LogP contribution in [-0.2, 0) is 0 Å². The number of benzene rings is 9. The van der Waals surface area contributed by atoms with Gasteiger partial charge in [0.1, 0.15) is 0 Å². The number of para-hydroxylation sites is 3. The molecule has 304 valence electrons. The van der Waals surface area contributed by atoms with E-state index in [1.54, 1.807) is 0 Å². The van der Waals surface area contributed by atoms with Gasteiger partial charge in [0.25, 0.3) is 0 Å². The van der Waals surface area contributed by atoms with Crippen molar-refractivity contribution in [2.75, 3.05) is 0 Å². The SMILES string of the molecule is c1ccc(-c2nc(-c3ccccc3)nc(-c3cccc(-c4cccc(-n5c6cc7c(ccn7-c7ccccc7)cc6c6ccc7c(c8ccccc8n7-c7ccccc7)c65)c4)c3)n2)cc1. The van der Waals surface area contributed by atoms with Crippen molar-refractivity contribution in [1.29, 1.82) is 0 Å². The summed E-state index contributed by atoms with van der Waals surface area (Å²) in [5.41, 5.74) is 14.1. The summed E-state index contributed by atoms with van der Waals surface area (Å²) in [6, 6.07) is 79.5. The first-order valence-corrected chi connectivity index (χ1v) is 21.9. The summed E-state index contributed by atoms with van der Waals surface area (Å²) in [7, 11) is 0. The predicted molar refractivity (Wildman–Crippen MR) is 267 cm³/mol. The molecule has 13 rings (SSSR count). The summed E-state index contributed by atoms with van der Waals surface area (Å²) in [5, 5.41) is 6.05. The average Bonchev–Trinajstić information content (AvgIpc) is 4.06. The van der Waals surface area contributed by atoms with Gasteiger partial charge in [0, 0.05) is 66.9 Å². The first-order chi connectivity index (χ1) is 32.2. The highest BCUT2D eigenvalue weighted by Crippen LogP contribution is 2.44. The predicted octanol–water partition coefficient (Wildman–Crippen LogP) is 14.7. The summed E-state index contributed by atoms with van der Waals surface area (Å²) < 4.78 is 7.19. The molecule has 0 N–H and O–H groups in total. The molecule has 0 unspecified atom stereocenters. The van der Waals surface area contributed by atoms with Crippen molar-refractivity contribution in [2.24, 2.45) is 0 Å². The van der Waals surface area contributed by atoms with Crippen LogP contribution in [0.15, 0.2) is 231 Å². The molecule has 0 saturated heterocycles. The molecule has 0 atom stereocenters. The van der Waals surface area contributed by atoms with Gasteiger partial charge >= 0.3 is 0 Å². The average molecular weight is 831 g/mol. The standard InChI is InChI=1S/C59H38N6/c1-5-17-39(18-6-1)57-60-58(40-19-7-2-8-20-40)62-59(61-57)44-23-15-21-41(35-44)42-22-16-28-47(36-42)65-54-38-53-43(33-34-63(53)45-24-9-3-10-25-45)37-50(54)48-31-32-52-55(56(48)65)49-29-13-14-30-51(49)64(52)46-26-11-4-12-27-46/h1-38H. The maximum atomic E-state index is 5.06. The van der Waals surface area contributed by atoms with Crippen LogP contribution in [0, 0.1) is 0 Å². The second-order valence-corrected chi connectivity index (χ2v) is 16.5. The lowest BCUT2D eigenvalue weighted by Crippen LogP contribution is -2.00. The van der Waals surface area contributed by atoms with Crippen LogP contribution in [0.2, 0.25) is 0 Å². The van der Waals surface area contributed by atoms with Gasteiger partial charge in [-0.05, 0) is 83.9 Å². The summed E-state index contributed by atoms with van der Waals surface area (Å²) >= 11 is 0. The largest absolute Gasteiger partial charge is 0.316 e. The third-order valence-electron chi connectivity index (χ3n) is 12.7. The third kappa shape index (κ3) is 6.07. The van der Waals surface area contributed by atoms with Crippen molar-refractivity contribution in [3.8, 4) is 62.4 Å². The Kier molecular flexibility index (Phi) is 8.42. The Balaban J connectivity index is 1.04. The number of hydrogen-bond donors (Lipinski definition) is 0. The molecule has 65 heavy (non-hydrogen) atoms. The highest BCUT2D eigenvalue weighted by atomic mass is 15.0. The van der Waals surface area contributed by atoms with Crippen LogP contribution in [0.3, 0.4) is 0 Å². The molecular weight excluding hydrogens is 793 g/mol. The molecule has 0 fully saturated rings. The Morgan fingerprint density at radius 2 is 0.846 bits per heavy atom. The van der Waals surface area contributed by atoms with E-state index in [1.807, 2.05) is 60.7 Å². The van der Waals surface area contributed by atoms with E-state index < -0.39 is 0 Å². The molecular formula is C59H38N6. The zero-order valence-electron chi connectivity index (χ0n) is 35.1. The normalized spacial score (nSPS) is 11.7. The topological polar surface area (TPSA) is 53.5 Å². The Labute approximate surface area is 374 Å². The monoisotopic (exact) mass is 830 g/mol. The van der Waals surface area contributed by atoms with Gasteiger partial charge in [-0.3, -0.25) is 0 Å². The fraction of sp³-hybridized carbons (Fsp3) is 0. The minimum absolute atomic E-state index is 0.626. The van der Waals surface area contributed by atoms with Crippen LogP contribution in [0.4, 0.5) is 0 Å². The summed E-state index contributed by atoms with van der Waals surface area (Å²) in [6.07, 6.45) is 2.18. The molecule has 0 aliphatic heterocycles. The van der Waals surface area contributed by atoms with Crippen molar-refractivity contribution in [2.45, 2.75) is 0 Å². The number of aromatic nitrogens is 6. The number of fused-ring (bicyclic) bond motifs is 8. The lowest BCUT2D eigenvalue weighted by Gasteiger charge is -2.13. The second kappa shape index (κ2) is 14.9. The fourth-order valence-electron chi connectivity index (χ4n) is 9.72. The van der Waals surface area contributed by atoms with E-state index in [0.29, 0.717) is 17.5 Å². The van der Waals surface area contributed by atoms with E-state index in [4.69, 9.17) is 15.0 Å². The van der Waals surface area contributed by atoms with Crippen LogP contribution >= 0.6 is 0 Å². The zero-order valence-corrected chi connectivity index (χ0v) is 35.1. The second-order valence-electron chi connectivity index (χ2n) is 16.5. The summed E-state index contributed by atoms with van der Waals surface area (Å²) in [4.78, 5) is 15.1. The minimum atomic E-state index is 0.626. The van der Waals surface area contributed by atoms with Crippen molar-refractivity contribution >= 4 is 54.5 Å². The van der Waals surface area contributed by atoms with Crippen LogP contribution in [0.5, 0.6) is 0 Å². The first kappa shape index (κ1) is 36.8. The van der Waals surface area contributed by atoms with E-state index in [0.717, 1.165) is 55.9 Å². The maximum absolute atomic E-state index is 5.06. The summed E-state index contributed by atoms with van der Waals surface area (Å²) in [6.45, 7) is 0. The van der Waals surface area contributed by atoms with E-state index in [2.05, 4.69) is 184 Å². The highest BCUT2D eigenvalue weighted by Gasteiger charge is 2.22. The molecule has 0 radical (unpaired) electrons. The zero-order chi connectivity index (χ0) is 42.8. The van der Waals surface area contributed by atoms with Crippen LogP contribution in [0.25, 0.3) is 117 Å². The molecule has 6 nitrogen and oxygen atoms in total. The minimum Gasteiger partial charge on any atom is -0.316 e. The van der Waals surface area contributed by atoms with E-state index in [9.17, 15) is 0 Å². The molecule has 0 aliphatic carbocycles. The van der Waals surface area contributed by atoms with E-state index >= 15 is 0 Å². The molecule has 0 spiro atoms. The lowest BCUT2D eigenvalue weighted by molar-refractivity contribution is 1.07. The Bertz CT molecular complexity index is 3870. The van der Waals surface area contributed by atoms with E-state index in [1.165, 1.54) is 43.5 Å². The Morgan fingerprint density at radius 1 is 0.292 bits per heavy atom. The van der Waals surface area contributed by atoms with Gasteiger partial charge < -0.3 is 13.7 Å². The van der Waals surface area contributed by atoms with Gasteiger partial charge in [-0.15, -0.1) is 0 Å². The molecule has 0 saturated carbocycles. The van der Waals surface area contributed by atoms with Crippen LogP contribution in [-0.4, -0.2) is 28.7 Å². The van der Waals surface area contributed by atoms with Gasteiger partial charge in [0.2, 0.25) is 0 Å². The lowest BCUT2D eigenvalue weighted by atomic mass is 10.0. The number of rotatable bonds is 7. The Hall–Kier alpha value is -8.87. The molecule has 4 aromatic heterocycles. The third-order valence-corrected chi connectivity index (χ3v) is 12.7. The van der Waals surface area contributed by atoms with E-state index in [-0.39, 0.29) is 0 Å². The fourth-order valence-corrected chi connectivity index (χ4v) is 9.72. The van der Waals surface area contributed by atoms with Crippen molar-refractivity contribution in [3.63, 3.8) is 0 Å². The molecule has 6 heteroatoms. The smallest absolute Gasteiger partial charge is 0.164 e. The van der Waals surface area contributed by atoms with Crippen LogP contribution in [0.1, 0.15) is 0 Å². The van der Waals surface area contributed by atoms with Gasteiger partial charge in [-0.1, -0.05) is 152 Å². The van der Waals surface area contributed by atoms with Crippen molar-refractivity contribution < 1.29 is 0 Å². The number of nitrogens with zero attached hydrogens (tertiary/aromatic N) is 6. The molecule has 0 amide bonds. The van der Waals surface area contributed by atoms with Gasteiger partial charge in [0.15, 0.2) is 17.5 Å². The Morgan fingerprint density at radius 3 is 1.55 bits per heavy atom. The van der Waals surface area contributed by atoms with Gasteiger partial charge in [-0.2, -0.15) is 0 Å². The number of hydrogen-bond acceptors (Lipinski definition) is 3. The first-order valence-electron chi connectivity index (χ1n) is 21.9. The quantitative estimate of drug-likeness (QED) is 0.161. The molecule has 4 heterocycles. The molecule has 9 aromatic carbocycles. The van der Waals surface area contributed by atoms with Crippen molar-refractivity contribution in [3.05, 3.63) is 231 Å². The summed E-state index contributed by atoms with van der Waals surface area (Å²) in [5.74, 6) is 1.90. The maximum Gasteiger partial charge on any atom is 0.164 e. The van der Waals surface area contributed by atoms with Crippen LogP contribution < -0.4 is 0 Å².